The molecule has 16 heavy (non-hydrogen) atoms. The largest absolute Gasteiger partial charge is 0.467 e. The number of hydrogen-bond acceptors (Lipinski definition) is 3. The molecule has 0 saturated heterocycles. The van der Waals surface area contributed by atoms with Gasteiger partial charge in [-0.15, -0.1) is 0 Å². The first-order valence-corrected chi connectivity index (χ1v) is 5.51. The lowest BCUT2D eigenvalue weighted by Crippen LogP contribution is -2.38. The van der Waals surface area contributed by atoms with Gasteiger partial charge in [-0.2, -0.15) is 0 Å². The summed E-state index contributed by atoms with van der Waals surface area (Å²) in [5.74, 6) is 0.810. The van der Waals surface area contributed by atoms with E-state index in [0.717, 1.165) is 5.76 Å². The van der Waals surface area contributed by atoms with E-state index in [0.29, 0.717) is 19.5 Å². The fourth-order valence-electron chi connectivity index (χ4n) is 1.24. The number of carbonyl (C=O) groups is 1. The van der Waals surface area contributed by atoms with Gasteiger partial charge in [0.05, 0.1) is 12.8 Å². The van der Waals surface area contributed by atoms with Crippen LogP contribution < -0.4 is 10.6 Å². The Hall–Kier alpha value is -1.29. The van der Waals surface area contributed by atoms with E-state index in [1.54, 1.807) is 6.26 Å². The summed E-state index contributed by atoms with van der Waals surface area (Å²) < 4.78 is 5.11. The van der Waals surface area contributed by atoms with Gasteiger partial charge < -0.3 is 15.1 Å². The van der Waals surface area contributed by atoms with E-state index in [4.69, 9.17) is 4.42 Å². The van der Waals surface area contributed by atoms with E-state index in [-0.39, 0.29) is 11.4 Å². The first kappa shape index (κ1) is 12.8. The zero-order valence-corrected chi connectivity index (χ0v) is 10.2. The Morgan fingerprint density at radius 3 is 2.75 bits per heavy atom. The fourth-order valence-corrected chi connectivity index (χ4v) is 1.24. The minimum Gasteiger partial charge on any atom is -0.467 e. The summed E-state index contributed by atoms with van der Waals surface area (Å²) in [6.07, 6.45) is 2.08. The van der Waals surface area contributed by atoms with Crippen LogP contribution in [0.25, 0.3) is 0 Å². The molecule has 0 aliphatic rings. The molecule has 0 saturated carbocycles. The molecule has 0 bridgehead atoms. The molecule has 0 radical (unpaired) electrons. The molecule has 0 aliphatic heterocycles. The SMILES string of the molecule is CC(C)(C)NCCC(=O)NCc1ccco1. The zero-order valence-electron chi connectivity index (χ0n) is 10.2. The Bertz CT molecular complexity index is 312. The highest BCUT2D eigenvalue weighted by molar-refractivity contribution is 5.75. The maximum Gasteiger partial charge on any atom is 0.221 e. The summed E-state index contributed by atoms with van der Waals surface area (Å²) in [6, 6.07) is 3.65. The van der Waals surface area contributed by atoms with Crippen LogP contribution in [0.5, 0.6) is 0 Å². The van der Waals surface area contributed by atoms with Crippen molar-refractivity contribution in [2.45, 2.75) is 39.3 Å². The van der Waals surface area contributed by atoms with Crippen LogP contribution in [0.1, 0.15) is 33.0 Å². The molecule has 90 valence electrons. The third-order valence-corrected chi connectivity index (χ3v) is 2.05. The second-order valence-corrected chi connectivity index (χ2v) is 4.78. The van der Waals surface area contributed by atoms with Gasteiger partial charge in [0.2, 0.25) is 5.91 Å². The standard InChI is InChI=1S/C12H20N2O2/c1-12(2,3)14-7-6-11(15)13-9-10-5-4-8-16-10/h4-5,8,14H,6-7,9H2,1-3H3,(H,13,15). The number of amides is 1. The highest BCUT2D eigenvalue weighted by atomic mass is 16.3. The van der Waals surface area contributed by atoms with E-state index in [9.17, 15) is 4.79 Å². The lowest BCUT2D eigenvalue weighted by atomic mass is 10.1. The zero-order chi connectivity index (χ0) is 12.0. The number of furan rings is 1. The van der Waals surface area contributed by atoms with E-state index in [2.05, 4.69) is 31.4 Å². The molecule has 1 amide bonds. The van der Waals surface area contributed by atoms with E-state index in [1.807, 2.05) is 12.1 Å². The molecule has 0 spiro atoms. The molecule has 1 rings (SSSR count). The highest BCUT2D eigenvalue weighted by Gasteiger charge is 2.09. The molecule has 1 aromatic rings. The maximum absolute atomic E-state index is 11.4. The van der Waals surface area contributed by atoms with Crippen molar-refractivity contribution in [2.75, 3.05) is 6.54 Å². The van der Waals surface area contributed by atoms with Gasteiger partial charge in [0, 0.05) is 18.5 Å². The molecule has 1 heterocycles. The number of hydrogen-bond donors (Lipinski definition) is 2. The minimum atomic E-state index is 0.0353. The van der Waals surface area contributed by atoms with Gasteiger partial charge in [0.25, 0.3) is 0 Å². The Balaban J connectivity index is 2.12. The molecular formula is C12H20N2O2. The smallest absolute Gasteiger partial charge is 0.221 e. The van der Waals surface area contributed by atoms with Crippen molar-refractivity contribution in [3.63, 3.8) is 0 Å². The van der Waals surface area contributed by atoms with E-state index in [1.165, 1.54) is 0 Å². The molecular weight excluding hydrogens is 204 g/mol. The molecule has 4 nitrogen and oxygen atoms in total. The van der Waals surface area contributed by atoms with Gasteiger partial charge in [-0.1, -0.05) is 0 Å². The van der Waals surface area contributed by atoms with Gasteiger partial charge in [0.1, 0.15) is 5.76 Å². The molecule has 0 aromatic carbocycles. The van der Waals surface area contributed by atoms with Gasteiger partial charge >= 0.3 is 0 Å². The molecule has 0 atom stereocenters. The lowest BCUT2D eigenvalue weighted by molar-refractivity contribution is -0.121. The average molecular weight is 224 g/mol. The van der Waals surface area contributed by atoms with Crippen molar-refractivity contribution >= 4 is 5.91 Å². The normalized spacial score (nSPS) is 11.4. The van der Waals surface area contributed by atoms with Gasteiger partial charge in [-0.25, -0.2) is 0 Å². The molecule has 0 unspecified atom stereocenters. The van der Waals surface area contributed by atoms with Crippen molar-refractivity contribution < 1.29 is 9.21 Å². The summed E-state index contributed by atoms with van der Waals surface area (Å²) in [5, 5.41) is 6.06. The first-order valence-electron chi connectivity index (χ1n) is 5.51. The van der Waals surface area contributed by atoms with Crippen LogP contribution in [0.2, 0.25) is 0 Å². The summed E-state index contributed by atoms with van der Waals surface area (Å²) in [7, 11) is 0. The van der Waals surface area contributed by atoms with Crippen LogP contribution in [0.4, 0.5) is 0 Å². The minimum absolute atomic E-state index is 0.0353. The first-order chi connectivity index (χ1) is 7.47. The van der Waals surface area contributed by atoms with Gasteiger partial charge in [0.15, 0.2) is 0 Å². The summed E-state index contributed by atoms with van der Waals surface area (Å²) in [5.41, 5.74) is 0.0568. The third-order valence-electron chi connectivity index (χ3n) is 2.05. The Morgan fingerprint density at radius 1 is 1.44 bits per heavy atom. The molecule has 2 N–H and O–H groups in total. The second-order valence-electron chi connectivity index (χ2n) is 4.78. The molecule has 0 aliphatic carbocycles. The fraction of sp³-hybridized carbons (Fsp3) is 0.583. The van der Waals surface area contributed by atoms with Crippen molar-refractivity contribution in [3.8, 4) is 0 Å². The summed E-state index contributed by atoms with van der Waals surface area (Å²) in [4.78, 5) is 11.4. The van der Waals surface area contributed by atoms with Crippen LogP contribution in [0.3, 0.4) is 0 Å². The Morgan fingerprint density at radius 2 is 2.19 bits per heavy atom. The highest BCUT2D eigenvalue weighted by Crippen LogP contribution is 2.00. The lowest BCUT2D eigenvalue weighted by Gasteiger charge is -2.20. The van der Waals surface area contributed by atoms with Gasteiger partial charge in [-0.3, -0.25) is 4.79 Å². The summed E-state index contributed by atoms with van der Waals surface area (Å²) >= 11 is 0. The molecule has 0 fully saturated rings. The third kappa shape index (κ3) is 5.56. The molecule has 4 heteroatoms. The number of carbonyl (C=O) groups excluding carboxylic acids is 1. The topological polar surface area (TPSA) is 54.3 Å². The van der Waals surface area contributed by atoms with Crippen molar-refractivity contribution in [1.82, 2.24) is 10.6 Å². The van der Waals surface area contributed by atoms with Crippen LogP contribution >= 0.6 is 0 Å². The quantitative estimate of drug-likeness (QED) is 0.800. The van der Waals surface area contributed by atoms with E-state index < -0.39 is 0 Å². The van der Waals surface area contributed by atoms with Crippen LogP contribution in [-0.4, -0.2) is 18.0 Å². The summed E-state index contributed by atoms with van der Waals surface area (Å²) in [6.45, 7) is 7.38. The maximum atomic E-state index is 11.4. The van der Waals surface area contributed by atoms with Crippen LogP contribution in [0, 0.1) is 0 Å². The Kier molecular flexibility index (Phi) is 4.55. The predicted octanol–water partition coefficient (Wildman–Crippen LogP) is 1.67. The average Bonchev–Trinajstić information content (AvgIpc) is 2.65. The number of rotatable bonds is 5. The van der Waals surface area contributed by atoms with Crippen molar-refractivity contribution in [1.29, 1.82) is 0 Å². The van der Waals surface area contributed by atoms with Gasteiger partial charge in [-0.05, 0) is 32.9 Å². The Labute approximate surface area is 96.4 Å². The second kappa shape index (κ2) is 5.70. The van der Waals surface area contributed by atoms with Crippen molar-refractivity contribution in [3.05, 3.63) is 24.2 Å². The molecule has 1 aromatic heterocycles. The monoisotopic (exact) mass is 224 g/mol. The van der Waals surface area contributed by atoms with E-state index >= 15 is 0 Å². The predicted molar refractivity (Wildman–Crippen MR) is 62.9 cm³/mol. The van der Waals surface area contributed by atoms with Crippen molar-refractivity contribution in [2.24, 2.45) is 0 Å². The van der Waals surface area contributed by atoms with Crippen LogP contribution in [-0.2, 0) is 11.3 Å². The van der Waals surface area contributed by atoms with Crippen LogP contribution in [0.15, 0.2) is 22.8 Å². The number of nitrogens with one attached hydrogen (secondary N) is 2.